The summed E-state index contributed by atoms with van der Waals surface area (Å²) < 4.78 is 13.5. The van der Waals surface area contributed by atoms with Crippen LogP contribution in [0, 0.1) is 5.82 Å². The van der Waals surface area contributed by atoms with E-state index in [0.29, 0.717) is 32.5 Å². The number of hydrogen-bond donors (Lipinski definition) is 1. The molecule has 1 atom stereocenters. The van der Waals surface area contributed by atoms with Gasteiger partial charge in [-0.2, -0.15) is 0 Å². The fraction of sp³-hybridized carbons (Fsp3) is 0.308. The Kier molecular flexibility index (Phi) is 5.52. The standard InChI is InChI=1S/C26H26FN3O2/c27-20-9-10-21-22(17-28-23(21)16-20)18-11-14-29(15-12-18)26(32)25(19-6-2-1-3-7-19)30-13-5-4-8-24(30)31/h1-3,6-7,9-11,16-17,25,28H,4-5,8,12-15H2. The Balaban J connectivity index is 1.39. The number of carbonyl (C=O) groups excluding carboxylic acids is 2. The Morgan fingerprint density at radius 2 is 1.88 bits per heavy atom. The van der Waals surface area contributed by atoms with Crippen molar-refractivity contribution in [3.8, 4) is 0 Å². The lowest BCUT2D eigenvalue weighted by molar-refractivity contribution is -0.147. The molecular weight excluding hydrogens is 405 g/mol. The molecule has 0 aliphatic carbocycles. The van der Waals surface area contributed by atoms with Gasteiger partial charge in [0, 0.05) is 48.7 Å². The van der Waals surface area contributed by atoms with Crippen LogP contribution >= 0.6 is 0 Å². The van der Waals surface area contributed by atoms with E-state index in [9.17, 15) is 14.0 Å². The molecule has 1 unspecified atom stereocenters. The number of hydrogen-bond acceptors (Lipinski definition) is 2. The summed E-state index contributed by atoms with van der Waals surface area (Å²) in [7, 11) is 0. The van der Waals surface area contributed by atoms with Crippen molar-refractivity contribution in [2.24, 2.45) is 0 Å². The maximum Gasteiger partial charge on any atom is 0.250 e. The van der Waals surface area contributed by atoms with Gasteiger partial charge < -0.3 is 14.8 Å². The molecule has 3 aromatic rings. The third-order valence-corrected chi connectivity index (χ3v) is 6.53. The maximum atomic E-state index is 13.6. The number of nitrogens with zero attached hydrogens (tertiary/aromatic N) is 2. The number of fused-ring (bicyclic) bond motifs is 1. The van der Waals surface area contributed by atoms with Crippen molar-refractivity contribution in [3.05, 3.63) is 77.7 Å². The largest absolute Gasteiger partial charge is 0.360 e. The molecule has 2 aromatic carbocycles. The van der Waals surface area contributed by atoms with Crippen molar-refractivity contribution < 1.29 is 14.0 Å². The summed E-state index contributed by atoms with van der Waals surface area (Å²) in [6, 6.07) is 13.8. The zero-order valence-corrected chi connectivity index (χ0v) is 17.9. The van der Waals surface area contributed by atoms with Gasteiger partial charge in [-0.1, -0.05) is 36.4 Å². The van der Waals surface area contributed by atoms with Gasteiger partial charge >= 0.3 is 0 Å². The van der Waals surface area contributed by atoms with Gasteiger partial charge in [0.2, 0.25) is 11.8 Å². The van der Waals surface area contributed by atoms with Gasteiger partial charge in [-0.3, -0.25) is 9.59 Å². The number of benzene rings is 2. The quantitative estimate of drug-likeness (QED) is 0.652. The summed E-state index contributed by atoms with van der Waals surface area (Å²) in [6.45, 7) is 1.70. The molecule has 1 fully saturated rings. The normalized spacial score (nSPS) is 18.0. The lowest BCUT2D eigenvalue weighted by Crippen LogP contribution is -2.48. The lowest BCUT2D eigenvalue weighted by Gasteiger charge is -2.38. The minimum atomic E-state index is -0.574. The fourth-order valence-electron chi connectivity index (χ4n) is 4.84. The van der Waals surface area contributed by atoms with E-state index in [0.717, 1.165) is 40.4 Å². The third-order valence-electron chi connectivity index (χ3n) is 6.53. The number of piperidine rings is 1. The van der Waals surface area contributed by atoms with Gasteiger partial charge in [0.25, 0.3) is 0 Å². The number of aromatic amines is 1. The van der Waals surface area contributed by atoms with Crippen LogP contribution in [-0.2, 0) is 9.59 Å². The SMILES string of the molecule is O=C(C(c1ccccc1)N1CCCCC1=O)N1CC=C(c2c[nH]c3cc(F)ccc23)CC1. The molecule has 0 bridgehead atoms. The van der Waals surface area contributed by atoms with Gasteiger partial charge in [0.15, 0.2) is 0 Å². The summed E-state index contributed by atoms with van der Waals surface area (Å²) in [5, 5.41) is 0.985. The summed E-state index contributed by atoms with van der Waals surface area (Å²) in [4.78, 5) is 33.1. The second-order valence-corrected chi connectivity index (χ2v) is 8.51. The van der Waals surface area contributed by atoms with Crippen LogP contribution in [-0.4, -0.2) is 46.2 Å². The van der Waals surface area contributed by atoms with Crippen LogP contribution in [0.1, 0.15) is 42.9 Å². The molecule has 0 spiro atoms. The van der Waals surface area contributed by atoms with Crippen molar-refractivity contribution in [1.29, 1.82) is 0 Å². The van der Waals surface area contributed by atoms with Gasteiger partial charge in [-0.25, -0.2) is 4.39 Å². The van der Waals surface area contributed by atoms with Gasteiger partial charge in [0.05, 0.1) is 0 Å². The second-order valence-electron chi connectivity index (χ2n) is 8.51. The average Bonchev–Trinajstić information content (AvgIpc) is 3.24. The number of halogens is 1. The Hall–Kier alpha value is -3.41. The summed E-state index contributed by atoms with van der Waals surface area (Å²) in [6.07, 6.45) is 7.01. The van der Waals surface area contributed by atoms with E-state index in [2.05, 4.69) is 11.1 Å². The number of nitrogens with one attached hydrogen (secondary N) is 1. The van der Waals surface area contributed by atoms with Crippen LogP contribution in [0.15, 0.2) is 60.8 Å². The molecular formula is C26H26FN3O2. The second kappa shape index (κ2) is 8.61. The summed E-state index contributed by atoms with van der Waals surface area (Å²) >= 11 is 0. The Morgan fingerprint density at radius 1 is 1.03 bits per heavy atom. The molecule has 1 aromatic heterocycles. The highest BCUT2D eigenvalue weighted by molar-refractivity contribution is 5.94. The van der Waals surface area contributed by atoms with Crippen LogP contribution < -0.4 is 0 Å². The first-order chi connectivity index (χ1) is 15.6. The number of carbonyl (C=O) groups is 2. The topological polar surface area (TPSA) is 56.4 Å². The van der Waals surface area contributed by atoms with E-state index < -0.39 is 6.04 Å². The first-order valence-electron chi connectivity index (χ1n) is 11.2. The molecule has 5 nitrogen and oxygen atoms in total. The predicted octanol–water partition coefficient (Wildman–Crippen LogP) is 4.68. The summed E-state index contributed by atoms with van der Waals surface area (Å²) in [5.41, 5.74) is 3.84. The molecule has 164 valence electrons. The number of amides is 2. The predicted molar refractivity (Wildman–Crippen MR) is 122 cm³/mol. The maximum absolute atomic E-state index is 13.6. The van der Waals surface area contributed by atoms with Gasteiger partial charge in [-0.05, 0) is 48.6 Å². The molecule has 32 heavy (non-hydrogen) atoms. The highest BCUT2D eigenvalue weighted by Gasteiger charge is 2.35. The molecule has 2 aliphatic heterocycles. The van der Waals surface area contributed by atoms with Gasteiger partial charge in [-0.15, -0.1) is 0 Å². The van der Waals surface area contributed by atoms with E-state index in [4.69, 9.17) is 0 Å². The van der Waals surface area contributed by atoms with Crippen LogP contribution in [0.2, 0.25) is 0 Å². The molecule has 5 rings (SSSR count). The van der Waals surface area contributed by atoms with Crippen molar-refractivity contribution in [2.45, 2.75) is 31.7 Å². The number of rotatable bonds is 4. The number of likely N-dealkylation sites (tertiary alicyclic amines) is 1. The molecule has 3 heterocycles. The monoisotopic (exact) mass is 431 g/mol. The minimum absolute atomic E-state index is 0.0252. The highest BCUT2D eigenvalue weighted by Crippen LogP contribution is 2.32. The molecule has 1 N–H and O–H groups in total. The van der Waals surface area contributed by atoms with Crippen molar-refractivity contribution in [1.82, 2.24) is 14.8 Å². The van der Waals surface area contributed by atoms with Crippen molar-refractivity contribution in [3.63, 3.8) is 0 Å². The number of H-pyrrole nitrogens is 1. The molecule has 6 heteroatoms. The molecule has 1 saturated heterocycles. The third kappa shape index (κ3) is 3.81. The molecule has 2 amide bonds. The highest BCUT2D eigenvalue weighted by atomic mass is 19.1. The van der Waals surface area contributed by atoms with E-state index in [-0.39, 0.29) is 17.6 Å². The zero-order chi connectivity index (χ0) is 22.1. The molecule has 0 radical (unpaired) electrons. The number of aromatic nitrogens is 1. The molecule has 2 aliphatic rings. The molecule has 0 saturated carbocycles. The minimum Gasteiger partial charge on any atom is -0.360 e. The van der Waals surface area contributed by atoms with Crippen LogP contribution in [0.4, 0.5) is 4.39 Å². The Labute approximate surface area is 186 Å². The van der Waals surface area contributed by atoms with E-state index >= 15 is 0 Å². The smallest absolute Gasteiger partial charge is 0.250 e. The van der Waals surface area contributed by atoms with Crippen molar-refractivity contribution in [2.75, 3.05) is 19.6 Å². The first kappa shape index (κ1) is 20.5. The van der Waals surface area contributed by atoms with E-state index in [1.54, 1.807) is 11.0 Å². The fourth-order valence-corrected chi connectivity index (χ4v) is 4.84. The first-order valence-corrected chi connectivity index (χ1v) is 11.2. The Bertz CT molecular complexity index is 1180. The van der Waals surface area contributed by atoms with Crippen LogP contribution in [0.5, 0.6) is 0 Å². The average molecular weight is 432 g/mol. The van der Waals surface area contributed by atoms with E-state index in [1.165, 1.54) is 12.1 Å². The van der Waals surface area contributed by atoms with Crippen LogP contribution in [0.3, 0.4) is 0 Å². The summed E-state index contributed by atoms with van der Waals surface area (Å²) in [5.74, 6) is -0.236. The zero-order valence-electron chi connectivity index (χ0n) is 17.9. The van der Waals surface area contributed by atoms with E-state index in [1.807, 2.05) is 41.4 Å². The lowest BCUT2D eigenvalue weighted by atomic mass is 9.96. The van der Waals surface area contributed by atoms with Gasteiger partial charge in [0.1, 0.15) is 11.9 Å². The Morgan fingerprint density at radius 3 is 2.62 bits per heavy atom. The van der Waals surface area contributed by atoms with Crippen LogP contribution in [0.25, 0.3) is 16.5 Å². The van der Waals surface area contributed by atoms with Crippen molar-refractivity contribution >= 4 is 28.3 Å².